The van der Waals surface area contributed by atoms with Crippen molar-refractivity contribution >= 4 is 0 Å². The number of hydrogen-bond acceptors (Lipinski definition) is 3. The highest BCUT2D eigenvalue weighted by Gasteiger charge is 2.24. The molecule has 3 aromatic rings. The third-order valence-corrected chi connectivity index (χ3v) is 4.18. The molecule has 0 amide bonds. The third kappa shape index (κ3) is 2.98. The predicted molar refractivity (Wildman–Crippen MR) is 94.4 cm³/mol. The second-order valence-corrected chi connectivity index (χ2v) is 5.53. The molecule has 0 atom stereocenters. The Hall–Kier alpha value is -3.87. The van der Waals surface area contributed by atoms with Gasteiger partial charge in [0, 0.05) is 5.92 Å². The molecule has 0 radical (unpaired) electrons. The molecule has 116 valence electrons. The average molecular weight is 319 g/mol. The van der Waals surface area contributed by atoms with Gasteiger partial charge in [0.15, 0.2) is 0 Å². The van der Waals surface area contributed by atoms with Crippen molar-refractivity contribution in [2.24, 2.45) is 0 Å². The van der Waals surface area contributed by atoms with Crippen LogP contribution in [0.2, 0.25) is 0 Å². The summed E-state index contributed by atoms with van der Waals surface area (Å²) in [5.74, 6) is -0.359. The van der Waals surface area contributed by atoms with Crippen molar-refractivity contribution in [1.82, 2.24) is 0 Å². The van der Waals surface area contributed by atoms with Crippen molar-refractivity contribution in [3.63, 3.8) is 0 Å². The molecular formula is C22H13N3. The number of benzene rings is 3. The monoisotopic (exact) mass is 319 g/mol. The Bertz CT molecular complexity index is 909. The van der Waals surface area contributed by atoms with Crippen molar-refractivity contribution in [2.45, 2.75) is 5.92 Å². The van der Waals surface area contributed by atoms with Crippen LogP contribution < -0.4 is 0 Å². The topological polar surface area (TPSA) is 71.4 Å². The van der Waals surface area contributed by atoms with Crippen LogP contribution in [0, 0.1) is 34.0 Å². The fourth-order valence-corrected chi connectivity index (χ4v) is 3.05. The van der Waals surface area contributed by atoms with Gasteiger partial charge >= 0.3 is 0 Å². The first-order valence-electron chi connectivity index (χ1n) is 7.77. The minimum atomic E-state index is -0.359. The highest BCUT2D eigenvalue weighted by atomic mass is 14.3. The van der Waals surface area contributed by atoms with Crippen LogP contribution in [0.5, 0.6) is 0 Å². The molecule has 0 unspecified atom stereocenters. The molecule has 0 aromatic heterocycles. The Morgan fingerprint density at radius 2 is 0.760 bits per heavy atom. The van der Waals surface area contributed by atoms with Gasteiger partial charge in [-0.3, -0.25) is 0 Å². The fraction of sp³-hybridized carbons (Fsp3) is 0.0455. The van der Waals surface area contributed by atoms with E-state index in [0.29, 0.717) is 16.7 Å². The maximum atomic E-state index is 9.53. The zero-order valence-electron chi connectivity index (χ0n) is 13.3. The Balaban J connectivity index is 2.36. The smallest absolute Gasteiger partial charge is 0.0994 e. The number of nitrogens with zero attached hydrogens (tertiary/aromatic N) is 3. The van der Waals surface area contributed by atoms with Crippen LogP contribution in [-0.2, 0) is 0 Å². The summed E-state index contributed by atoms with van der Waals surface area (Å²) in [6.07, 6.45) is 0. The summed E-state index contributed by atoms with van der Waals surface area (Å²) in [6, 6.07) is 28.6. The van der Waals surface area contributed by atoms with Gasteiger partial charge in [0.2, 0.25) is 0 Å². The Kier molecular flexibility index (Phi) is 4.57. The summed E-state index contributed by atoms with van der Waals surface area (Å²) in [4.78, 5) is 0. The van der Waals surface area contributed by atoms with Crippen molar-refractivity contribution in [3.05, 3.63) is 106 Å². The molecule has 0 saturated heterocycles. The quantitative estimate of drug-likeness (QED) is 0.668. The highest BCUT2D eigenvalue weighted by Crippen LogP contribution is 2.36. The van der Waals surface area contributed by atoms with Gasteiger partial charge in [-0.25, -0.2) is 0 Å². The first-order chi connectivity index (χ1) is 12.3. The van der Waals surface area contributed by atoms with Crippen LogP contribution in [-0.4, -0.2) is 0 Å². The predicted octanol–water partition coefficient (Wildman–Crippen LogP) is 4.48. The van der Waals surface area contributed by atoms with Gasteiger partial charge in [-0.2, -0.15) is 15.8 Å². The SMILES string of the molecule is N#Cc1ccccc1C(c1ccccc1C#N)c1ccccc1C#N. The van der Waals surface area contributed by atoms with E-state index in [-0.39, 0.29) is 5.92 Å². The Labute approximate surface area is 146 Å². The lowest BCUT2D eigenvalue weighted by Gasteiger charge is -2.22. The molecule has 0 N–H and O–H groups in total. The van der Waals surface area contributed by atoms with E-state index in [1.54, 1.807) is 18.2 Å². The summed E-state index contributed by atoms with van der Waals surface area (Å²) >= 11 is 0. The van der Waals surface area contributed by atoms with E-state index in [9.17, 15) is 15.8 Å². The second kappa shape index (κ2) is 7.14. The standard InChI is InChI=1S/C22H13N3/c23-13-16-7-1-4-10-19(16)22(20-11-5-2-8-17(20)14-24)21-12-6-3-9-18(21)15-25/h1-12,22H. The zero-order valence-corrected chi connectivity index (χ0v) is 13.3. The number of nitriles is 3. The summed E-state index contributed by atoms with van der Waals surface area (Å²) < 4.78 is 0. The molecule has 0 aliphatic heterocycles. The molecule has 0 heterocycles. The molecule has 3 nitrogen and oxygen atoms in total. The normalized spacial score (nSPS) is 9.84. The van der Waals surface area contributed by atoms with Gasteiger partial charge in [-0.1, -0.05) is 54.6 Å². The lowest BCUT2D eigenvalue weighted by molar-refractivity contribution is 0.960. The molecular weight excluding hydrogens is 306 g/mol. The van der Waals surface area contributed by atoms with E-state index in [2.05, 4.69) is 18.2 Å². The fourth-order valence-electron chi connectivity index (χ4n) is 3.05. The molecule has 0 aliphatic rings. The van der Waals surface area contributed by atoms with Gasteiger partial charge < -0.3 is 0 Å². The van der Waals surface area contributed by atoms with Crippen LogP contribution in [0.15, 0.2) is 72.8 Å². The average Bonchev–Trinajstić information content (AvgIpc) is 2.69. The first kappa shape index (κ1) is 16.0. The summed E-state index contributed by atoms with van der Waals surface area (Å²) in [5, 5.41) is 28.6. The maximum absolute atomic E-state index is 9.53. The van der Waals surface area contributed by atoms with Crippen LogP contribution in [0.25, 0.3) is 0 Å². The largest absolute Gasteiger partial charge is 0.192 e. The molecule has 0 saturated carbocycles. The molecule has 0 bridgehead atoms. The lowest BCUT2D eigenvalue weighted by Crippen LogP contribution is -2.09. The first-order valence-corrected chi connectivity index (χ1v) is 7.77. The van der Waals surface area contributed by atoms with Crippen LogP contribution >= 0.6 is 0 Å². The third-order valence-electron chi connectivity index (χ3n) is 4.18. The van der Waals surface area contributed by atoms with Crippen molar-refractivity contribution in [1.29, 1.82) is 15.8 Å². The van der Waals surface area contributed by atoms with E-state index in [0.717, 1.165) is 16.7 Å². The van der Waals surface area contributed by atoms with Gasteiger partial charge in [0.05, 0.1) is 34.9 Å². The Morgan fingerprint density at radius 3 is 1.04 bits per heavy atom. The summed E-state index contributed by atoms with van der Waals surface area (Å²) in [6.45, 7) is 0. The lowest BCUT2D eigenvalue weighted by atomic mass is 9.79. The van der Waals surface area contributed by atoms with Crippen molar-refractivity contribution in [3.8, 4) is 18.2 Å². The highest BCUT2D eigenvalue weighted by molar-refractivity contribution is 5.57. The van der Waals surface area contributed by atoms with Crippen LogP contribution in [0.4, 0.5) is 0 Å². The van der Waals surface area contributed by atoms with E-state index in [1.165, 1.54) is 0 Å². The van der Waals surface area contributed by atoms with Crippen LogP contribution in [0.3, 0.4) is 0 Å². The second-order valence-electron chi connectivity index (χ2n) is 5.53. The van der Waals surface area contributed by atoms with Crippen LogP contribution in [0.1, 0.15) is 39.3 Å². The van der Waals surface area contributed by atoms with Gasteiger partial charge in [-0.15, -0.1) is 0 Å². The molecule has 0 fully saturated rings. The maximum Gasteiger partial charge on any atom is 0.0994 e. The summed E-state index contributed by atoms with van der Waals surface area (Å²) in [7, 11) is 0. The summed E-state index contributed by atoms with van der Waals surface area (Å²) in [5.41, 5.74) is 3.97. The van der Waals surface area contributed by atoms with E-state index >= 15 is 0 Å². The molecule has 3 aromatic carbocycles. The van der Waals surface area contributed by atoms with E-state index in [4.69, 9.17) is 0 Å². The molecule has 0 spiro atoms. The molecule has 3 heteroatoms. The van der Waals surface area contributed by atoms with Gasteiger partial charge in [-0.05, 0) is 34.9 Å². The minimum Gasteiger partial charge on any atom is -0.192 e. The minimum absolute atomic E-state index is 0.359. The Morgan fingerprint density at radius 1 is 0.480 bits per heavy atom. The van der Waals surface area contributed by atoms with E-state index < -0.39 is 0 Å². The van der Waals surface area contributed by atoms with Gasteiger partial charge in [0.1, 0.15) is 0 Å². The number of rotatable bonds is 3. The molecule has 3 rings (SSSR count). The number of hydrogen-bond donors (Lipinski definition) is 0. The van der Waals surface area contributed by atoms with E-state index in [1.807, 2.05) is 54.6 Å². The molecule has 25 heavy (non-hydrogen) atoms. The zero-order chi connectivity index (χ0) is 17.6. The van der Waals surface area contributed by atoms with Crippen molar-refractivity contribution < 1.29 is 0 Å². The van der Waals surface area contributed by atoms with Gasteiger partial charge in [0.25, 0.3) is 0 Å². The molecule has 0 aliphatic carbocycles. The van der Waals surface area contributed by atoms with Crippen molar-refractivity contribution in [2.75, 3.05) is 0 Å².